The van der Waals surface area contributed by atoms with Gasteiger partial charge in [-0.3, -0.25) is 9.00 Å². The molecule has 0 saturated heterocycles. The first kappa shape index (κ1) is 31.5. The van der Waals surface area contributed by atoms with E-state index >= 15 is 0 Å². The maximum absolute atomic E-state index is 13.4. The molecule has 2 aromatic rings. The van der Waals surface area contributed by atoms with Gasteiger partial charge < -0.3 is 19.3 Å². The number of ether oxygens (including phenoxy) is 1. The van der Waals surface area contributed by atoms with Gasteiger partial charge in [0.25, 0.3) is 5.91 Å². The minimum absolute atomic E-state index is 0.0501. The lowest BCUT2D eigenvalue weighted by Crippen LogP contribution is -2.49. The standard InChI is InChI=1S/C32H39ClN2O7S2/c33-24-9-11-27-21(16-24)4-3-14-32(27)19-35-18-23-7-10-26(23)29(36)6-2-1-5-25(13-15-43(38)39)44(40,41)34-31(37)22-8-12-30(42-20-32)28(35)17-22/h2,6,8-9,11-12,16-17,23,25-26,29,36H,1,3-5,7,10,13-15,18-20H2,(H,34,37)(H,38,39)/p-1/b6-2+/t23-,25-,26+,29-,32-/m0/s1. The van der Waals surface area contributed by atoms with Crippen LogP contribution in [0.4, 0.5) is 5.69 Å². The van der Waals surface area contributed by atoms with Gasteiger partial charge in [0, 0.05) is 34.8 Å². The predicted octanol–water partition coefficient (Wildman–Crippen LogP) is 4.25. The minimum Gasteiger partial charge on any atom is -0.772 e. The van der Waals surface area contributed by atoms with Crippen LogP contribution in [0.3, 0.4) is 0 Å². The Hall–Kier alpha value is -2.44. The number of benzene rings is 2. The fraction of sp³-hybridized carbons (Fsp3) is 0.531. The van der Waals surface area contributed by atoms with Crippen LogP contribution in [0.1, 0.15) is 66.4 Å². The molecule has 1 fully saturated rings. The molecule has 1 amide bonds. The largest absolute Gasteiger partial charge is 0.772 e. The molecule has 2 aliphatic carbocycles. The molecule has 2 aliphatic heterocycles. The first-order valence-electron chi connectivity index (χ1n) is 15.3. The van der Waals surface area contributed by atoms with Gasteiger partial charge in [-0.05, 0) is 105 Å². The Morgan fingerprint density at radius 2 is 2.02 bits per heavy atom. The molecule has 6 rings (SSSR count). The zero-order chi connectivity index (χ0) is 31.1. The minimum atomic E-state index is -4.19. The van der Waals surface area contributed by atoms with Crippen molar-refractivity contribution < 1.29 is 31.8 Å². The molecule has 1 unspecified atom stereocenters. The van der Waals surface area contributed by atoms with Gasteiger partial charge in [0.15, 0.2) is 0 Å². The van der Waals surface area contributed by atoms with Crippen molar-refractivity contribution in [1.29, 1.82) is 0 Å². The van der Waals surface area contributed by atoms with Crippen molar-refractivity contribution in [3.05, 3.63) is 70.3 Å². The Bertz CT molecular complexity index is 1580. The molecular formula is C32H38ClN2O7S2-. The van der Waals surface area contributed by atoms with Crippen molar-refractivity contribution in [3.8, 4) is 5.75 Å². The van der Waals surface area contributed by atoms with Crippen molar-refractivity contribution in [2.45, 2.75) is 68.1 Å². The van der Waals surface area contributed by atoms with Crippen LogP contribution < -0.4 is 14.4 Å². The smallest absolute Gasteiger partial charge is 0.264 e. The highest BCUT2D eigenvalue weighted by Gasteiger charge is 2.44. The number of amides is 1. The van der Waals surface area contributed by atoms with Crippen molar-refractivity contribution in [2.24, 2.45) is 11.8 Å². The van der Waals surface area contributed by atoms with Crippen molar-refractivity contribution in [3.63, 3.8) is 0 Å². The van der Waals surface area contributed by atoms with E-state index in [0.717, 1.165) is 32.1 Å². The Morgan fingerprint density at radius 1 is 1.18 bits per heavy atom. The van der Waals surface area contributed by atoms with Crippen molar-refractivity contribution >= 4 is 44.3 Å². The molecule has 238 valence electrons. The molecule has 0 radical (unpaired) electrons. The van der Waals surface area contributed by atoms with Crippen molar-refractivity contribution in [2.75, 3.05) is 30.3 Å². The predicted molar refractivity (Wildman–Crippen MR) is 169 cm³/mol. The highest BCUT2D eigenvalue weighted by molar-refractivity contribution is 7.90. The SMILES string of the molecule is O=C1NS(=O)(=O)[C@H](CCS(=O)[O-])CC/C=C/[C@H](O)[C@@H]2CC[C@H]2CN2C[C@@]3(CCCc4cc(Cl)ccc43)COc3ccc1cc32. The maximum Gasteiger partial charge on any atom is 0.264 e. The van der Waals surface area contributed by atoms with Gasteiger partial charge in [0.05, 0.1) is 23.6 Å². The van der Waals surface area contributed by atoms with E-state index in [1.807, 2.05) is 12.1 Å². The summed E-state index contributed by atoms with van der Waals surface area (Å²) >= 11 is 3.96. The Morgan fingerprint density at radius 3 is 2.80 bits per heavy atom. The second kappa shape index (κ2) is 12.7. The molecule has 2 heterocycles. The zero-order valence-electron chi connectivity index (χ0n) is 24.5. The number of aliphatic hydroxyl groups excluding tert-OH is 1. The Kier molecular flexibility index (Phi) is 9.14. The molecule has 2 N–H and O–H groups in total. The van der Waals surface area contributed by atoms with Crippen LogP contribution in [0.15, 0.2) is 48.6 Å². The molecule has 9 nitrogen and oxygen atoms in total. The monoisotopic (exact) mass is 661 g/mol. The molecule has 2 aromatic carbocycles. The molecule has 2 bridgehead atoms. The molecule has 4 aliphatic rings. The topological polar surface area (TPSA) is 136 Å². The molecule has 0 aromatic heterocycles. The first-order valence-corrected chi connectivity index (χ1v) is 18.5. The van der Waals surface area contributed by atoms with Gasteiger partial charge in [-0.2, -0.15) is 0 Å². The molecule has 1 spiro atoms. The first-order chi connectivity index (χ1) is 21.0. The van der Waals surface area contributed by atoms with Gasteiger partial charge in [0.1, 0.15) is 5.75 Å². The fourth-order valence-electron chi connectivity index (χ4n) is 7.42. The quantitative estimate of drug-likeness (QED) is 0.368. The van der Waals surface area contributed by atoms with E-state index in [1.165, 1.54) is 11.1 Å². The maximum atomic E-state index is 13.4. The number of halogens is 1. The summed E-state index contributed by atoms with van der Waals surface area (Å²) in [6, 6.07) is 11.1. The summed E-state index contributed by atoms with van der Waals surface area (Å²) in [5, 5.41) is 10.7. The van der Waals surface area contributed by atoms with Gasteiger partial charge >= 0.3 is 0 Å². The molecule has 6 atom stereocenters. The number of sulfonamides is 1. The number of carbonyl (C=O) groups excluding carboxylic acids is 1. The summed E-state index contributed by atoms with van der Waals surface area (Å²) in [6.07, 6.45) is 7.84. The zero-order valence-corrected chi connectivity index (χ0v) is 26.8. The van der Waals surface area contributed by atoms with E-state index in [1.54, 1.807) is 30.4 Å². The Labute approximate surface area is 266 Å². The van der Waals surface area contributed by atoms with E-state index in [0.29, 0.717) is 42.6 Å². The summed E-state index contributed by atoms with van der Waals surface area (Å²) in [5.41, 5.74) is 3.02. The summed E-state index contributed by atoms with van der Waals surface area (Å²) in [4.78, 5) is 15.7. The fourth-order valence-corrected chi connectivity index (χ4v) is 9.66. The van der Waals surface area contributed by atoms with E-state index in [-0.39, 0.29) is 41.4 Å². The third kappa shape index (κ3) is 6.44. The van der Waals surface area contributed by atoms with Crippen LogP contribution >= 0.6 is 11.6 Å². The number of carbonyl (C=O) groups is 1. The lowest BCUT2D eigenvalue weighted by molar-refractivity contribution is 0.0456. The van der Waals surface area contributed by atoms with Crippen LogP contribution in [-0.2, 0) is 32.9 Å². The van der Waals surface area contributed by atoms with E-state index < -0.39 is 38.4 Å². The van der Waals surface area contributed by atoms with E-state index in [9.17, 15) is 27.1 Å². The van der Waals surface area contributed by atoms with Gasteiger partial charge in [-0.1, -0.05) is 40.9 Å². The summed E-state index contributed by atoms with van der Waals surface area (Å²) in [5.74, 6) is -0.212. The highest BCUT2D eigenvalue weighted by Crippen LogP contribution is 2.46. The Balaban J connectivity index is 1.39. The van der Waals surface area contributed by atoms with Crippen LogP contribution in [-0.4, -0.2) is 65.0 Å². The molecule has 44 heavy (non-hydrogen) atoms. The van der Waals surface area contributed by atoms with Gasteiger partial charge in [0.2, 0.25) is 10.0 Å². The summed E-state index contributed by atoms with van der Waals surface area (Å²) < 4.78 is 57.9. The van der Waals surface area contributed by atoms with Crippen LogP contribution in [0.25, 0.3) is 0 Å². The van der Waals surface area contributed by atoms with Gasteiger partial charge in [-0.15, -0.1) is 0 Å². The number of rotatable bonds is 3. The second-order valence-corrected chi connectivity index (χ2v) is 16.1. The third-order valence-corrected chi connectivity index (χ3v) is 12.6. The normalized spacial score (nSPS) is 31.3. The number of allylic oxidation sites excluding steroid dienone is 1. The number of hydrogen-bond acceptors (Lipinski definition) is 8. The number of aliphatic hydroxyl groups is 1. The average molecular weight is 662 g/mol. The molecular weight excluding hydrogens is 624 g/mol. The number of fused-ring (bicyclic) bond motifs is 4. The van der Waals surface area contributed by atoms with Crippen LogP contribution in [0.2, 0.25) is 5.02 Å². The number of anilines is 1. The molecule has 12 heteroatoms. The second-order valence-electron chi connectivity index (χ2n) is 12.7. The van der Waals surface area contributed by atoms with Crippen LogP contribution in [0.5, 0.6) is 5.75 Å². The van der Waals surface area contributed by atoms with Crippen LogP contribution in [0, 0.1) is 11.8 Å². The lowest BCUT2D eigenvalue weighted by atomic mass is 9.68. The van der Waals surface area contributed by atoms with Gasteiger partial charge in [-0.25, -0.2) is 13.1 Å². The molecule has 1 saturated carbocycles. The summed E-state index contributed by atoms with van der Waals surface area (Å²) in [6.45, 7) is 1.75. The average Bonchev–Trinajstić information content (AvgIpc) is 3.10. The van der Waals surface area contributed by atoms with E-state index in [2.05, 4.69) is 15.7 Å². The lowest BCUT2D eigenvalue weighted by Gasteiger charge is -2.45. The number of hydrogen-bond donors (Lipinski definition) is 2. The third-order valence-electron chi connectivity index (χ3n) is 9.94. The van der Waals surface area contributed by atoms with E-state index in [4.69, 9.17) is 16.3 Å². The number of aryl methyl sites for hydroxylation is 1. The number of nitrogens with zero attached hydrogens (tertiary/aromatic N) is 1. The number of nitrogens with one attached hydrogen (secondary N) is 1. The highest BCUT2D eigenvalue weighted by atomic mass is 35.5. The summed E-state index contributed by atoms with van der Waals surface area (Å²) in [7, 11) is -4.19. The van der Waals surface area contributed by atoms with Crippen molar-refractivity contribution in [1.82, 2.24) is 4.72 Å².